The minimum absolute atomic E-state index is 0.0903. The highest BCUT2D eigenvalue weighted by Crippen LogP contribution is 2.14. The van der Waals surface area contributed by atoms with E-state index in [0.29, 0.717) is 24.7 Å². The molecule has 0 aliphatic rings. The highest BCUT2D eigenvalue weighted by molar-refractivity contribution is 5.78. The molecule has 0 atom stereocenters. The summed E-state index contributed by atoms with van der Waals surface area (Å²) in [5, 5.41) is 6.87. The Labute approximate surface area is 124 Å². The molecule has 1 aromatic heterocycles. The Balaban J connectivity index is 1.85. The first kappa shape index (κ1) is 15.2. The molecule has 0 radical (unpaired) electrons. The van der Waals surface area contributed by atoms with E-state index in [4.69, 9.17) is 4.52 Å². The molecule has 0 aliphatic heterocycles. The van der Waals surface area contributed by atoms with Crippen LogP contribution in [-0.2, 0) is 11.2 Å². The fourth-order valence-electron chi connectivity index (χ4n) is 2.16. The van der Waals surface area contributed by atoms with Gasteiger partial charge in [-0.05, 0) is 12.8 Å². The van der Waals surface area contributed by atoms with Gasteiger partial charge in [0.15, 0.2) is 0 Å². The van der Waals surface area contributed by atoms with Crippen molar-refractivity contribution in [1.82, 2.24) is 15.5 Å². The average molecular weight is 287 g/mol. The fourth-order valence-corrected chi connectivity index (χ4v) is 2.16. The van der Waals surface area contributed by atoms with Crippen LogP contribution in [0.25, 0.3) is 11.4 Å². The van der Waals surface area contributed by atoms with Gasteiger partial charge in [0, 0.05) is 24.4 Å². The number of nitrogens with one attached hydrogen (secondary N) is 1. The largest absolute Gasteiger partial charge is 0.355 e. The van der Waals surface area contributed by atoms with Gasteiger partial charge in [0.05, 0.1) is 0 Å². The third kappa shape index (κ3) is 4.15. The summed E-state index contributed by atoms with van der Waals surface area (Å²) in [6, 6.07) is 9.67. The molecule has 2 rings (SSSR count). The number of nitrogens with zero attached hydrogens (tertiary/aromatic N) is 2. The molecular formula is C16H21N3O2. The number of rotatable bonds is 7. The van der Waals surface area contributed by atoms with E-state index in [0.717, 1.165) is 18.4 Å². The van der Waals surface area contributed by atoms with Crippen molar-refractivity contribution in [1.29, 1.82) is 0 Å². The Morgan fingerprint density at radius 3 is 2.62 bits per heavy atom. The van der Waals surface area contributed by atoms with Crippen molar-refractivity contribution in [2.45, 2.75) is 33.1 Å². The van der Waals surface area contributed by atoms with Crippen molar-refractivity contribution in [2.75, 3.05) is 6.54 Å². The van der Waals surface area contributed by atoms with E-state index >= 15 is 0 Å². The Morgan fingerprint density at radius 1 is 1.24 bits per heavy atom. The van der Waals surface area contributed by atoms with Gasteiger partial charge in [-0.3, -0.25) is 4.79 Å². The van der Waals surface area contributed by atoms with E-state index in [1.165, 1.54) is 0 Å². The van der Waals surface area contributed by atoms with Crippen molar-refractivity contribution in [2.24, 2.45) is 5.92 Å². The standard InChI is InChI=1S/C16H21N3O2/c1-3-12(4-2)16(20)17-11-10-14-18-15(19-21-14)13-8-6-5-7-9-13/h5-9,12H,3-4,10-11H2,1-2H3,(H,17,20). The summed E-state index contributed by atoms with van der Waals surface area (Å²) in [5.74, 6) is 1.31. The molecule has 1 heterocycles. The van der Waals surface area contributed by atoms with E-state index < -0.39 is 0 Å². The van der Waals surface area contributed by atoms with Crippen LogP contribution in [0.15, 0.2) is 34.9 Å². The summed E-state index contributed by atoms with van der Waals surface area (Å²) in [7, 11) is 0. The minimum Gasteiger partial charge on any atom is -0.355 e. The highest BCUT2D eigenvalue weighted by Gasteiger charge is 2.14. The minimum atomic E-state index is 0.0903. The molecule has 21 heavy (non-hydrogen) atoms. The van der Waals surface area contributed by atoms with Gasteiger partial charge in [-0.25, -0.2) is 0 Å². The van der Waals surface area contributed by atoms with Crippen LogP contribution < -0.4 is 5.32 Å². The van der Waals surface area contributed by atoms with Crippen molar-refractivity contribution >= 4 is 5.91 Å². The zero-order valence-corrected chi connectivity index (χ0v) is 12.5. The van der Waals surface area contributed by atoms with Crippen LogP contribution in [0.3, 0.4) is 0 Å². The Hall–Kier alpha value is -2.17. The van der Waals surface area contributed by atoms with Crippen LogP contribution in [-0.4, -0.2) is 22.6 Å². The van der Waals surface area contributed by atoms with Crippen molar-refractivity contribution in [3.05, 3.63) is 36.2 Å². The zero-order chi connectivity index (χ0) is 15.1. The third-order valence-corrected chi connectivity index (χ3v) is 3.49. The van der Waals surface area contributed by atoms with Crippen molar-refractivity contribution in [3.8, 4) is 11.4 Å². The maximum Gasteiger partial charge on any atom is 0.228 e. The van der Waals surface area contributed by atoms with Gasteiger partial charge in [-0.1, -0.05) is 49.3 Å². The maximum atomic E-state index is 11.8. The average Bonchev–Trinajstić information content (AvgIpc) is 2.98. The molecule has 0 spiro atoms. The number of hydrogen-bond donors (Lipinski definition) is 1. The fraction of sp³-hybridized carbons (Fsp3) is 0.438. The molecule has 0 fully saturated rings. The lowest BCUT2D eigenvalue weighted by molar-refractivity contribution is -0.125. The van der Waals surface area contributed by atoms with Crippen LogP contribution in [0, 0.1) is 5.92 Å². The van der Waals surface area contributed by atoms with Crippen molar-refractivity contribution in [3.63, 3.8) is 0 Å². The third-order valence-electron chi connectivity index (χ3n) is 3.49. The van der Waals surface area contributed by atoms with Crippen LogP contribution >= 0.6 is 0 Å². The SMILES string of the molecule is CCC(CC)C(=O)NCCc1nc(-c2ccccc2)no1. The molecule has 112 valence electrons. The molecule has 0 saturated carbocycles. The Bertz CT molecular complexity index is 562. The van der Waals surface area contributed by atoms with E-state index in [9.17, 15) is 4.79 Å². The molecule has 1 aromatic carbocycles. The molecule has 0 saturated heterocycles. The van der Waals surface area contributed by atoms with Crippen LogP contribution in [0.4, 0.5) is 0 Å². The lowest BCUT2D eigenvalue weighted by atomic mass is 10.0. The molecule has 0 aliphatic carbocycles. The van der Waals surface area contributed by atoms with Gasteiger partial charge in [0.2, 0.25) is 17.6 Å². The molecular weight excluding hydrogens is 266 g/mol. The molecule has 0 bridgehead atoms. The van der Waals surface area contributed by atoms with Gasteiger partial charge in [0.1, 0.15) is 0 Å². The molecule has 1 amide bonds. The molecule has 5 nitrogen and oxygen atoms in total. The number of amides is 1. The Kier molecular flexibility index (Phi) is 5.49. The van der Waals surface area contributed by atoms with E-state index in [2.05, 4.69) is 15.5 Å². The number of carbonyl (C=O) groups is 1. The topological polar surface area (TPSA) is 68.0 Å². The summed E-state index contributed by atoms with van der Waals surface area (Å²) in [6.45, 7) is 4.57. The quantitative estimate of drug-likeness (QED) is 0.850. The van der Waals surface area contributed by atoms with Crippen LogP contribution in [0.2, 0.25) is 0 Å². The molecule has 5 heteroatoms. The molecule has 2 aromatic rings. The van der Waals surface area contributed by atoms with E-state index in [1.54, 1.807) is 0 Å². The Morgan fingerprint density at radius 2 is 1.95 bits per heavy atom. The van der Waals surface area contributed by atoms with Gasteiger partial charge in [-0.15, -0.1) is 0 Å². The number of carbonyl (C=O) groups excluding carboxylic acids is 1. The predicted molar refractivity (Wildman–Crippen MR) is 80.5 cm³/mol. The first-order valence-electron chi connectivity index (χ1n) is 7.40. The lowest BCUT2D eigenvalue weighted by Gasteiger charge is -2.11. The summed E-state index contributed by atoms with van der Waals surface area (Å²) in [4.78, 5) is 16.2. The van der Waals surface area contributed by atoms with Gasteiger partial charge in [-0.2, -0.15) is 4.98 Å². The lowest BCUT2D eigenvalue weighted by Crippen LogP contribution is -2.31. The zero-order valence-electron chi connectivity index (χ0n) is 12.5. The summed E-state index contributed by atoms with van der Waals surface area (Å²) < 4.78 is 5.20. The normalized spacial score (nSPS) is 10.8. The second-order valence-electron chi connectivity index (χ2n) is 4.93. The summed E-state index contributed by atoms with van der Waals surface area (Å²) >= 11 is 0. The van der Waals surface area contributed by atoms with Crippen LogP contribution in [0.5, 0.6) is 0 Å². The monoisotopic (exact) mass is 287 g/mol. The first-order valence-corrected chi connectivity index (χ1v) is 7.40. The highest BCUT2D eigenvalue weighted by atomic mass is 16.5. The first-order chi connectivity index (χ1) is 10.2. The van der Waals surface area contributed by atoms with Crippen molar-refractivity contribution < 1.29 is 9.32 Å². The predicted octanol–water partition coefficient (Wildman–Crippen LogP) is 2.83. The van der Waals surface area contributed by atoms with Gasteiger partial charge in [0.25, 0.3) is 0 Å². The molecule has 1 N–H and O–H groups in total. The van der Waals surface area contributed by atoms with Gasteiger partial charge < -0.3 is 9.84 Å². The van der Waals surface area contributed by atoms with E-state index in [1.807, 2.05) is 44.2 Å². The second-order valence-corrected chi connectivity index (χ2v) is 4.93. The second kappa shape index (κ2) is 7.57. The van der Waals surface area contributed by atoms with Crippen LogP contribution in [0.1, 0.15) is 32.6 Å². The molecule has 0 unspecified atom stereocenters. The number of aromatic nitrogens is 2. The summed E-state index contributed by atoms with van der Waals surface area (Å²) in [5.41, 5.74) is 0.925. The number of benzene rings is 1. The summed E-state index contributed by atoms with van der Waals surface area (Å²) in [6.07, 6.45) is 2.27. The smallest absolute Gasteiger partial charge is 0.228 e. The number of hydrogen-bond acceptors (Lipinski definition) is 4. The maximum absolute atomic E-state index is 11.8. The van der Waals surface area contributed by atoms with Gasteiger partial charge >= 0.3 is 0 Å². The van der Waals surface area contributed by atoms with E-state index in [-0.39, 0.29) is 11.8 Å².